The highest BCUT2D eigenvalue weighted by atomic mass is 32.2. The van der Waals surface area contributed by atoms with Crippen molar-refractivity contribution in [2.45, 2.75) is 47.9 Å². The summed E-state index contributed by atoms with van der Waals surface area (Å²) in [5.41, 5.74) is 3.06. The first-order chi connectivity index (χ1) is 16.3. The molecule has 4 N–H and O–H groups in total. The number of thioether (sulfide) groups is 2. The van der Waals surface area contributed by atoms with Crippen LogP contribution in [0.3, 0.4) is 0 Å². The molecule has 9 nitrogen and oxygen atoms in total. The summed E-state index contributed by atoms with van der Waals surface area (Å²) in [7, 11) is 0. The van der Waals surface area contributed by atoms with E-state index in [9.17, 15) is 24.9 Å². The van der Waals surface area contributed by atoms with Crippen LogP contribution in [-0.4, -0.2) is 69.1 Å². The number of carbonyl (C=O) groups excluding carboxylic acids is 1. The van der Waals surface area contributed by atoms with Crippen molar-refractivity contribution in [1.29, 1.82) is 0 Å². The first-order valence-corrected chi connectivity index (χ1v) is 13.2. The first-order valence-electron chi connectivity index (χ1n) is 11.2. The van der Waals surface area contributed by atoms with Crippen LogP contribution in [0.25, 0.3) is 5.57 Å². The second kappa shape index (κ2) is 6.73. The van der Waals surface area contributed by atoms with Crippen molar-refractivity contribution in [1.82, 2.24) is 4.58 Å². The molecule has 0 unspecified atom stereocenters. The molecule has 1 fully saturated rings. The number of phenolic OH excluding ortho intramolecular Hbond substituents is 1. The number of carboxylic acids is 1. The predicted molar refractivity (Wildman–Crippen MR) is 127 cm³/mol. The van der Waals surface area contributed by atoms with Crippen molar-refractivity contribution >= 4 is 64.3 Å². The van der Waals surface area contributed by atoms with Crippen LogP contribution in [0.4, 0.5) is 11.4 Å². The zero-order valence-electron chi connectivity index (χ0n) is 18.1. The Bertz CT molecular complexity index is 1460. The molecule has 1 saturated heterocycles. The van der Waals surface area contributed by atoms with Crippen LogP contribution in [0.15, 0.2) is 21.0 Å². The first kappa shape index (κ1) is 20.7. The number of hydrogen-bond donors (Lipinski definition) is 3. The van der Waals surface area contributed by atoms with Gasteiger partial charge >= 0.3 is 5.97 Å². The summed E-state index contributed by atoms with van der Waals surface area (Å²) in [6.07, 6.45) is 5.15. The number of aromatic hydroxyl groups is 1. The van der Waals surface area contributed by atoms with Gasteiger partial charge in [-0.25, -0.2) is 9.37 Å². The van der Waals surface area contributed by atoms with Gasteiger partial charge in [-0.05, 0) is 24.5 Å². The van der Waals surface area contributed by atoms with Crippen LogP contribution in [0.1, 0.15) is 25.3 Å². The highest BCUT2D eigenvalue weighted by molar-refractivity contribution is 8.04. The SMILES string of the molecule is CC([O-])=N[C@@H](CS[C@@H]1[C@@H]2C(=O)C=C3S[C@@H]4C[C@@]31c1c(c(O)c3c5c1=[N+]2CCC=5C=N3)[NH2+]4)C(=O)O. The minimum absolute atomic E-state index is 0.0324. The van der Waals surface area contributed by atoms with E-state index in [-0.39, 0.29) is 27.9 Å². The molecule has 5 atom stereocenters. The van der Waals surface area contributed by atoms with E-state index in [0.717, 1.165) is 45.1 Å². The standard InChI is InChI=1S/C23H20N4O5S2/c1-8(28)25-10(22(31)32)7-33-21-18-11(29)4-12-23(21)5-13(34-12)26-17-15(23)19-14-9(2-3-27(18)19)6-24-16(14)20(17)30/h4,6,10,13,18,21H,2-3,5,7H2,1H3,(H3,24,25,26,28,30,31,32)/p+1/t10-,13+,18-,21+,23-/m0/s1. The minimum atomic E-state index is -1.16. The number of nitrogens with two attached hydrogens (primary N) is 1. The number of rotatable bonds is 5. The van der Waals surface area contributed by atoms with Crippen LogP contribution >= 0.6 is 23.5 Å². The van der Waals surface area contributed by atoms with Gasteiger partial charge in [-0.3, -0.25) is 20.1 Å². The number of nitrogens with zero attached hydrogens (tertiary/aromatic N) is 3. The summed E-state index contributed by atoms with van der Waals surface area (Å²) in [6.45, 7) is 1.91. The normalized spacial score (nSPS) is 32.3. The van der Waals surface area contributed by atoms with Gasteiger partial charge in [0.2, 0.25) is 22.9 Å². The van der Waals surface area contributed by atoms with E-state index >= 15 is 0 Å². The van der Waals surface area contributed by atoms with E-state index in [4.69, 9.17) is 0 Å². The van der Waals surface area contributed by atoms with Gasteiger partial charge in [0.05, 0.1) is 15.9 Å². The van der Waals surface area contributed by atoms with Crippen molar-refractivity contribution in [2.24, 2.45) is 9.98 Å². The highest BCUT2D eigenvalue weighted by Gasteiger charge is 2.69. The molecule has 5 heterocycles. The van der Waals surface area contributed by atoms with Crippen molar-refractivity contribution in [3.63, 3.8) is 0 Å². The summed E-state index contributed by atoms with van der Waals surface area (Å²) in [5.74, 6) is -1.33. The molecule has 6 aliphatic rings. The number of aliphatic carboxylic acids is 1. The minimum Gasteiger partial charge on any atom is -0.862 e. The molecule has 0 amide bonds. The van der Waals surface area contributed by atoms with E-state index in [0.29, 0.717) is 12.2 Å². The lowest BCUT2D eigenvalue weighted by molar-refractivity contribution is -0.592. The average molecular weight is 498 g/mol. The molecule has 0 saturated carbocycles. The molecule has 1 aromatic rings. The van der Waals surface area contributed by atoms with Crippen molar-refractivity contribution in [3.05, 3.63) is 27.1 Å². The van der Waals surface area contributed by atoms with Crippen molar-refractivity contribution in [3.8, 4) is 5.75 Å². The van der Waals surface area contributed by atoms with E-state index in [1.54, 1.807) is 17.8 Å². The molecule has 3 bridgehead atoms. The van der Waals surface area contributed by atoms with Crippen LogP contribution in [-0.2, 0) is 15.0 Å². The molecule has 174 valence electrons. The van der Waals surface area contributed by atoms with Gasteiger partial charge in [0, 0.05) is 29.7 Å². The second-order valence-electron chi connectivity index (χ2n) is 9.55. The fourth-order valence-electron chi connectivity index (χ4n) is 6.64. The van der Waals surface area contributed by atoms with Crippen molar-refractivity contribution in [2.75, 3.05) is 12.3 Å². The lowest BCUT2D eigenvalue weighted by atomic mass is 9.64. The Balaban J connectivity index is 1.49. The smallest absolute Gasteiger partial charge is 0.329 e. The molecule has 11 heteroatoms. The number of aliphatic imine (C=N–C) groups is 2. The van der Waals surface area contributed by atoms with E-state index in [1.165, 1.54) is 18.7 Å². The molecule has 5 aliphatic heterocycles. The maximum Gasteiger partial charge on any atom is 0.329 e. The second-order valence-corrected chi connectivity index (χ2v) is 12.0. The maximum atomic E-state index is 13.6. The fourth-order valence-corrected chi connectivity index (χ4v) is 10.00. The number of fused-ring (bicyclic) bond motifs is 3. The number of carboxylic acid groups (broad SMARTS) is 1. The van der Waals surface area contributed by atoms with Gasteiger partial charge in [0.1, 0.15) is 23.2 Å². The number of benzene rings is 1. The Morgan fingerprint density at radius 3 is 3.12 bits per heavy atom. The van der Waals surface area contributed by atoms with E-state index in [2.05, 4.69) is 19.9 Å². The summed E-state index contributed by atoms with van der Waals surface area (Å²) >= 11 is 3.10. The predicted octanol–water partition coefficient (Wildman–Crippen LogP) is -1.75. The van der Waals surface area contributed by atoms with Gasteiger partial charge in [0.25, 0.3) is 0 Å². The molecule has 1 aliphatic carbocycles. The average Bonchev–Trinajstić information content (AvgIpc) is 3.33. The van der Waals surface area contributed by atoms with Gasteiger partial charge in [-0.2, -0.15) is 0 Å². The zero-order valence-corrected chi connectivity index (χ0v) is 19.8. The molecule has 1 spiro atoms. The topological polar surface area (TPSA) is 142 Å². The van der Waals surface area contributed by atoms with E-state index in [1.807, 2.05) is 6.21 Å². The Kier molecular flexibility index (Phi) is 4.10. The van der Waals surface area contributed by atoms with Gasteiger partial charge in [0.15, 0.2) is 11.7 Å². The summed E-state index contributed by atoms with van der Waals surface area (Å²) in [6, 6.07) is -1.60. The quantitative estimate of drug-likeness (QED) is 0.144. The lowest BCUT2D eigenvalue weighted by Gasteiger charge is -2.46. The molecule has 7 rings (SSSR count). The summed E-state index contributed by atoms with van der Waals surface area (Å²) in [4.78, 5) is 34.7. The lowest BCUT2D eigenvalue weighted by Crippen LogP contribution is -2.87. The number of phenols is 1. The Morgan fingerprint density at radius 1 is 1.53 bits per heavy atom. The third-order valence-electron chi connectivity index (χ3n) is 7.81. The monoisotopic (exact) mass is 497 g/mol. The van der Waals surface area contributed by atoms with Crippen LogP contribution in [0.2, 0.25) is 0 Å². The number of allylic oxidation sites excluding steroid dienone is 1. The van der Waals surface area contributed by atoms with Gasteiger partial charge in [-0.1, -0.05) is 11.8 Å². The highest BCUT2D eigenvalue weighted by Crippen LogP contribution is 2.62. The third-order valence-corrected chi connectivity index (χ3v) is 10.7. The number of hydrogen-bond acceptors (Lipinski definition) is 8. The van der Waals surface area contributed by atoms with Crippen molar-refractivity contribution < 1.29 is 30.2 Å². The molecule has 0 aromatic heterocycles. The molecule has 0 radical (unpaired) electrons. The van der Waals surface area contributed by atoms with Gasteiger partial charge in [-0.15, -0.1) is 11.8 Å². The number of ketones is 1. The molecule has 1 aromatic carbocycles. The van der Waals surface area contributed by atoms with Gasteiger partial charge < -0.3 is 15.3 Å². The molecular formula is C23H21N4O5S2+. The molecule has 34 heavy (non-hydrogen) atoms. The van der Waals surface area contributed by atoms with Crippen LogP contribution in [0, 0.1) is 0 Å². The number of carbonyl (C=O) groups is 2. The Hall–Kier alpha value is -2.63. The Labute approximate surface area is 202 Å². The zero-order chi connectivity index (χ0) is 23.5. The maximum absolute atomic E-state index is 13.6. The van der Waals surface area contributed by atoms with Crippen LogP contribution < -0.4 is 25.6 Å². The fraction of sp³-hybridized carbons (Fsp3) is 0.435. The summed E-state index contributed by atoms with van der Waals surface area (Å²) < 4.78 is 2.17. The third kappa shape index (κ3) is 2.39. The summed E-state index contributed by atoms with van der Waals surface area (Å²) in [5, 5.41) is 36.4. The number of quaternary nitrogens is 1. The van der Waals surface area contributed by atoms with E-state index < -0.39 is 29.4 Å². The molecular weight excluding hydrogens is 476 g/mol. The Morgan fingerprint density at radius 2 is 2.35 bits per heavy atom. The largest absolute Gasteiger partial charge is 0.862 e. The van der Waals surface area contributed by atoms with Crippen LogP contribution in [0.5, 0.6) is 5.75 Å².